The Hall–Kier alpha value is -3.52. The summed E-state index contributed by atoms with van der Waals surface area (Å²) < 4.78 is 33.8. The number of nitrogens with zero attached hydrogens (tertiary/aromatic N) is 2. The van der Waals surface area contributed by atoms with Crippen molar-refractivity contribution in [3.63, 3.8) is 0 Å². The van der Waals surface area contributed by atoms with Gasteiger partial charge in [0.05, 0.1) is 11.4 Å². The summed E-state index contributed by atoms with van der Waals surface area (Å²) in [6, 6.07) is 15.6. The van der Waals surface area contributed by atoms with Gasteiger partial charge in [0.2, 0.25) is 0 Å². The van der Waals surface area contributed by atoms with Crippen LogP contribution in [0.4, 0.5) is 14.6 Å². The van der Waals surface area contributed by atoms with Crippen LogP contribution in [0.15, 0.2) is 72.2 Å². The van der Waals surface area contributed by atoms with Gasteiger partial charge in [-0.05, 0) is 41.8 Å². The fraction of sp³-hybridized carbons (Fsp3) is 0.0909. The third kappa shape index (κ3) is 4.90. The van der Waals surface area contributed by atoms with Crippen molar-refractivity contribution in [1.82, 2.24) is 9.78 Å². The molecule has 4 aromatic rings. The highest BCUT2D eigenvalue weighted by Gasteiger charge is 2.12. The first kappa shape index (κ1) is 19.8. The Balaban J connectivity index is 1.34. The Morgan fingerprint density at radius 3 is 2.70 bits per heavy atom. The molecular weight excluding hydrogens is 408 g/mol. The van der Waals surface area contributed by atoms with E-state index in [1.54, 1.807) is 53.3 Å². The maximum absolute atomic E-state index is 13.8. The summed E-state index contributed by atoms with van der Waals surface area (Å²) in [5.41, 5.74) is 1.35. The van der Waals surface area contributed by atoms with E-state index in [9.17, 15) is 13.6 Å². The minimum atomic E-state index is -0.326. The van der Waals surface area contributed by atoms with Crippen LogP contribution in [0.25, 0.3) is 0 Å². The number of hydrogen-bond donors (Lipinski definition) is 1. The predicted molar refractivity (Wildman–Crippen MR) is 111 cm³/mol. The summed E-state index contributed by atoms with van der Waals surface area (Å²) >= 11 is 1.29. The number of anilines is 1. The molecule has 0 spiro atoms. The summed E-state index contributed by atoms with van der Waals surface area (Å²) in [5, 5.41) is 8.83. The molecule has 0 saturated carbocycles. The maximum Gasteiger partial charge on any atom is 0.266 e. The molecule has 2 aromatic heterocycles. The highest BCUT2D eigenvalue weighted by molar-refractivity contribution is 7.12. The number of ether oxygens (including phenoxy) is 1. The van der Waals surface area contributed by atoms with Crippen LogP contribution >= 0.6 is 11.3 Å². The normalized spacial score (nSPS) is 10.7. The largest absolute Gasteiger partial charge is 0.489 e. The van der Waals surface area contributed by atoms with Crippen LogP contribution in [0.5, 0.6) is 5.75 Å². The van der Waals surface area contributed by atoms with Gasteiger partial charge in [0.15, 0.2) is 5.82 Å². The number of benzene rings is 2. The van der Waals surface area contributed by atoms with Crippen LogP contribution < -0.4 is 10.1 Å². The molecule has 4 rings (SSSR count). The van der Waals surface area contributed by atoms with E-state index in [2.05, 4.69) is 10.4 Å². The zero-order valence-corrected chi connectivity index (χ0v) is 16.5. The quantitative estimate of drug-likeness (QED) is 0.448. The van der Waals surface area contributed by atoms with Gasteiger partial charge < -0.3 is 10.1 Å². The molecule has 0 aliphatic rings. The number of hydrogen-bond acceptors (Lipinski definition) is 4. The molecule has 0 bridgehead atoms. The van der Waals surface area contributed by atoms with E-state index < -0.39 is 0 Å². The van der Waals surface area contributed by atoms with Gasteiger partial charge in [-0.1, -0.05) is 18.2 Å². The van der Waals surface area contributed by atoms with Crippen LogP contribution in [0.2, 0.25) is 0 Å². The van der Waals surface area contributed by atoms with E-state index in [0.717, 1.165) is 5.56 Å². The Kier molecular flexibility index (Phi) is 5.85. The van der Waals surface area contributed by atoms with E-state index in [4.69, 9.17) is 4.74 Å². The van der Waals surface area contributed by atoms with E-state index in [1.165, 1.54) is 29.5 Å². The number of thiophene rings is 1. The Morgan fingerprint density at radius 1 is 1.10 bits per heavy atom. The molecule has 5 nitrogen and oxygen atoms in total. The van der Waals surface area contributed by atoms with Crippen molar-refractivity contribution >= 4 is 23.1 Å². The Bertz CT molecular complexity index is 1160. The fourth-order valence-corrected chi connectivity index (χ4v) is 3.56. The third-order valence-corrected chi connectivity index (χ3v) is 5.25. The van der Waals surface area contributed by atoms with Crippen molar-refractivity contribution in [3.05, 3.63) is 99.9 Å². The van der Waals surface area contributed by atoms with Crippen LogP contribution in [-0.4, -0.2) is 15.7 Å². The fourth-order valence-electron chi connectivity index (χ4n) is 2.76. The van der Waals surface area contributed by atoms with Crippen LogP contribution in [0, 0.1) is 11.6 Å². The van der Waals surface area contributed by atoms with Crippen molar-refractivity contribution in [1.29, 1.82) is 0 Å². The highest BCUT2D eigenvalue weighted by Crippen LogP contribution is 2.19. The summed E-state index contributed by atoms with van der Waals surface area (Å²) in [7, 11) is 0. The van der Waals surface area contributed by atoms with Gasteiger partial charge in [-0.25, -0.2) is 8.78 Å². The summed E-state index contributed by atoms with van der Waals surface area (Å²) in [6.07, 6.45) is 1.68. The molecule has 0 aliphatic heterocycles. The zero-order valence-electron chi connectivity index (χ0n) is 15.7. The molecule has 152 valence electrons. The molecule has 2 aromatic carbocycles. The Labute approximate surface area is 175 Å². The summed E-state index contributed by atoms with van der Waals surface area (Å²) in [4.78, 5) is 13.0. The number of nitrogens with one attached hydrogen (secondary N) is 1. The number of amides is 1. The topological polar surface area (TPSA) is 56.2 Å². The Morgan fingerprint density at radius 2 is 1.90 bits per heavy atom. The lowest BCUT2D eigenvalue weighted by Gasteiger charge is -2.04. The van der Waals surface area contributed by atoms with E-state index in [-0.39, 0.29) is 30.7 Å². The molecule has 30 heavy (non-hydrogen) atoms. The molecule has 0 saturated heterocycles. The van der Waals surface area contributed by atoms with Crippen molar-refractivity contribution in [2.45, 2.75) is 13.2 Å². The third-order valence-electron chi connectivity index (χ3n) is 4.27. The molecule has 2 heterocycles. The lowest BCUT2D eigenvalue weighted by molar-refractivity contribution is 0.103. The molecular formula is C22H17F2N3O2S. The second kappa shape index (κ2) is 8.87. The van der Waals surface area contributed by atoms with Crippen LogP contribution in [-0.2, 0) is 13.2 Å². The first-order valence-electron chi connectivity index (χ1n) is 9.11. The number of carbonyl (C=O) groups is 1. The van der Waals surface area contributed by atoms with Crippen molar-refractivity contribution in [2.24, 2.45) is 0 Å². The number of aromatic nitrogens is 2. The van der Waals surface area contributed by atoms with Crippen LogP contribution in [0.1, 0.15) is 20.8 Å². The van der Waals surface area contributed by atoms with Gasteiger partial charge in [0, 0.05) is 23.4 Å². The lowest BCUT2D eigenvalue weighted by Crippen LogP contribution is -2.11. The van der Waals surface area contributed by atoms with Gasteiger partial charge in [0.1, 0.15) is 24.0 Å². The van der Waals surface area contributed by atoms with E-state index in [1.807, 2.05) is 5.38 Å². The zero-order chi connectivity index (χ0) is 20.9. The first-order valence-corrected chi connectivity index (χ1v) is 9.99. The van der Waals surface area contributed by atoms with E-state index >= 15 is 0 Å². The number of rotatable bonds is 7. The molecule has 1 N–H and O–H groups in total. The minimum absolute atomic E-state index is 0.270. The van der Waals surface area contributed by atoms with Gasteiger partial charge >= 0.3 is 0 Å². The van der Waals surface area contributed by atoms with Crippen molar-refractivity contribution < 1.29 is 18.3 Å². The maximum atomic E-state index is 13.8. The predicted octanol–water partition coefficient (Wildman–Crippen LogP) is 5.10. The molecule has 0 unspecified atom stereocenters. The smallest absolute Gasteiger partial charge is 0.266 e. The van der Waals surface area contributed by atoms with Gasteiger partial charge in [-0.3, -0.25) is 9.48 Å². The highest BCUT2D eigenvalue weighted by atomic mass is 32.1. The second-order valence-corrected chi connectivity index (χ2v) is 7.42. The van der Waals surface area contributed by atoms with Gasteiger partial charge in [0.25, 0.3) is 5.91 Å². The van der Waals surface area contributed by atoms with Crippen LogP contribution in [0.3, 0.4) is 0 Å². The molecule has 0 atom stereocenters. The van der Waals surface area contributed by atoms with Crippen molar-refractivity contribution in [3.8, 4) is 5.75 Å². The number of carbonyl (C=O) groups excluding carboxylic acids is 1. The first-order chi connectivity index (χ1) is 14.6. The molecule has 0 radical (unpaired) electrons. The average molecular weight is 425 g/mol. The van der Waals surface area contributed by atoms with Gasteiger partial charge in [-0.2, -0.15) is 5.10 Å². The lowest BCUT2D eigenvalue weighted by atomic mass is 10.2. The molecule has 8 heteroatoms. The summed E-state index contributed by atoms with van der Waals surface area (Å²) in [5.74, 6) is 0.0211. The minimum Gasteiger partial charge on any atom is -0.489 e. The van der Waals surface area contributed by atoms with E-state index in [0.29, 0.717) is 22.0 Å². The summed E-state index contributed by atoms with van der Waals surface area (Å²) in [6.45, 7) is 0.541. The molecule has 0 aliphatic carbocycles. The molecule has 1 amide bonds. The molecule has 0 fully saturated rings. The SMILES string of the molecule is O=C(Nc1ccn(Cc2ccccc2F)n1)c1cc(COc2ccc(F)cc2)cs1. The monoisotopic (exact) mass is 425 g/mol. The van der Waals surface area contributed by atoms with Crippen molar-refractivity contribution in [2.75, 3.05) is 5.32 Å². The second-order valence-electron chi connectivity index (χ2n) is 6.51. The standard InChI is InChI=1S/C22H17F2N3O2S/c23-17-5-7-18(8-6-17)29-13-15-11-20(30-14-15)22(28)25-21-9-10-27(26-21)12-16-3-1-2-4-19(16)24/h1-11,14H,12-13H2,(H,25,26,28). The average Bonchev–Trinajstić information content (AvgIpc) is 3.39. The number of halogens is 2. The van der Waals surface area contributed by atoms with Gasteiger partial charge in [-0.15, -0.1) is 11.3 Å².